The number of thioether (sulfide) groups is 1. The van der Waals surface area contributed by atoms with Crippen molar-refractivity contribution in [3.8, 4) is 17.1 Å². The van der Waals surface area contributed by atoms with Gasteiger partial charge in [-0.2, -0.15) is 0 Å². The van der Waals surface area contributed by atoms with Gasteiger partial charge in [0.2, 0.25) is 11.0 Å². The fourth-order valence-electron chi connectivity index (χ4n) is 2.97. The van der Waals surface area contributed by atoms with Crippen molar-refractivity contribution in [2.24, 2.45) is 5.92 Å². The number of amides is 1. The van der Waals surface area contributed by atoms with Crippen molar-refractivity contribution < 1.29 is 4.79 Å². The Morgan fingerprint density at radius 2 is 1.71 bits per heavy atom. The molecule has 0 fully saturated rings. The molecule has 2 heterocycles. The van der Waals surface area contributed by atoms with E-state index in [1.165, 1.54) is 23.1 Å². The lowest BCUT2D eigenvalue weighted by atomic mass is 10.1. The van der Waals surface area contributed by atoms with Crippen molar-refractivity contribution >= 4 is 34.1 Å². The number of para-hydroxylation sites is 1. The first-order chi connectivity index (χ1) is 15.1. The number of rotatable bonds is 8. The average molecular weight is 451 g/mol. The summed E-state index contributed by atoms with van der Waals surface area (Å²) in [5, 5.41) is 21.9. The van der Waals surface area contributed by atoms with Gasteiger partial charge < -0.3 is 0 Å². The molecule has 2 aromatic heterocycles. The van der Waals surface area contributed by atoms with Crippen LogP contribution in [0.4, 0.5) is 5.13 Å². The zero-order chi connectivity index (χ0) is 21.6. The first-order valence-corrected chi connectivity index (χ1v) is 11.7. The molecule has 4 rings (SSSR count). The Balaban J connectivity index is 1.50. The van der Waals surface area contributed by atoms with E-state index in [-0.39, 0.29) is 11.7 Å². The summed E-state index contributed by atoms with van der Waals surface area (Å²) in [7, 11) is 0. The molecule has 0 aliphatic carbocycles. The molecule has 0 unspecified atom stereocenters. The van der Waals surface area contributed by atoms with Gasteiger partial charge in [-0.1, -0.05) is 85.5 Å². The minimum absolute atomic E-state index is 0.152. The van der Waals surface area contributed by atoms with Crippen molar-refractivity contribution in [1.29, 1.82) is 0 Å². The van der Waals surface area contributed by atoms with Crippen LogP contribution >= 0.6 is 23.1 Å². The summed E-state index contributed by atoms with van der Waals surface area (Å²) in [4.78, 5) is 12.5. The highest BCUT2D eigenvalue weighted by Crippen LogP contribution is 2.28. The van der Waals surface area contributed by atoms with Gasteiger partial charge in [0.05, 0.1) is 5.75 Å². The number of hydrogen-bond acceptors (Lipinski definition) is 7. The zero-order valence-corrected chi connectivity index (χ0v) is 18.9. The third-order valence-electron chi connectivity index (χ3n) is 4.31. The minimum Gasteiger partial charge on any atom is -0.300 e. The quantitative estimate of drug-likeness (QED) is 0.391. The van der Waals surface area contributed by atoms with Gasteiger partial charge in [-0.3, -0.25) is 14.7 Å². The molecule has 4 aromatic rings. The highest BCUT2D eigenvalue weighted by atomic mass is 32.2. The van der Waals surface area contributed by atoms with Gasteiger partial charge in [0.25, 0.3) is 0 Å². The molecule has 158 valence electrons. The van der Waals surface area contributed by atoms with E-state index in [4.69, 9.17) is 0 Å². The number of benzene rings is 2. The standard InChI is InChI=1S/C22H22N6OS2/c1-15(2)13-19-24-26-21(31-19)23-18(29)14-30-22-27-25-20(16-9-5-3-6-10-16)28(22)17-11-7-4-8-12-17/h3-12,15H,13-14H2,1-2H3,(H,23,26,29). The van der Waals surface area contributed by atoms with Gasteiger partial charge in [-0.15, -0.1) is 20.4 Å². The summed E-state index contributed by atoms with van der Waals surface area (Å²) in [5.41, 5.74) is 1.90. The molecule has 0 atom stereocenters. The Morgan fingerprint density at radius 1 is 1.00 bits per heavy atom. The molecule has 9 heteroatoms. The molecule has 0 aliphatic heterocycles. The van der Waals surface area contributed by atoms with E-state index < -0.39 is 0 Å². The lowest BCUT2D eigenvalue weighted by Gasteiger charge is -2.10. The smallest absolute Gasteiger partial charge is 0.236 e. The van der Waals surface area contributed by atoms with E-state index in [0.29, 0.717) is 16.2 Å². The van der Waals surface area contributed by atoms with E-state index in [1.54, 1.807) is 0 Å². The second-order valence-corrected chi connectivity index (χ2v) is 9.28. The Hall–Kier alpha value is -3.04. The Morgan fingerprint density at radius 3 is 2.42 bits per heavy atom. The van der Waals surface area contributed by atoms with Crippen LogP contribution in [0.5, 0.6) is 0 Å². The lowest BCUT2D eigenvalue weighted by Crippen LogP contribution is -2.14. The normalized spacial score (nSPS) is 11.1. The topological polar surface area (TPSA) is 85.6 Å². The SMILES string of the molecule is CC(C)Cc1nnc(NC(=O)CSc2nnc(-c3ccccc3)n2-c2ccccc2)s1. The summed E-state index contributed by atoms with van der Waals surface area (Å²) in [6.07, 6.45) is 0.852. The van der Waals surface area contributed by atoms with E-state index in [2.05, 4.69) is 39.6 Å². The van der Waals surface area contributed by atoms with Crippen LogP contribution in [-0.2, 0) is 11.2 Å². The molecule has 0 aliphatic rings. The summed E-state index contributed by atoms with van der Waals surface area (Å²) >= 11 is 2.75. The molecular formula is C22H22N6OS2. The monoisotopic (exact) mass is 450 g/mol. The Kier molecular flexibility index (Phi) is 6.73. The molecule has 0 radical (unpaired) electrons. The largest absolute Gasteiger partial charge is 0.300 e. The number of hydrogen-bond donors (Lipinski definition) is 1. The van der Waals surface area contributed by atoms with Crippen molar-refractivity contribution in [2.75, 3.05) is 11.1 Å². The van der Waals surface area contributed by atoms with Crippen molar-refractivity contribution in [3.63, 3.8) is 0 Å². The van der Waals surface area contributed by atoms with Crippen LogP contribution in [0.3, 0.4) is 0 Å². The number of anilines is 1. The van der Waals surface area contributed by atoms with Gasteiger partial charge in [0.1, 0.15) is 5.01 Å². The summed E-state index contributed by atoms with van der Waals surface area (Å²) in [5.74, 6) is 1.27. The molecule has 1 N–H and O–H groups in total. The number of carbonyl (C=O) groups is 1. The predicted octanol–water partition coefficient (Wildman–Crippen LogP) is 4.72. The third kappa shape index (κ3) is 5.36. The molecule has 0 saturated heterocycles. The van der Waals surface area contributed by atoms with Crippen LogP contribution in [0.15, 0.2) is 65.8 Å². The van der Waals surface area contributed by atoms with Crippen molar-refractivity contribution in [2.45, 2.75) is 25.4 Å². The van der Waals surface area contributed by atoms with Crippen LogP contribution < -0.4 is 5.32 Å². The minimum atomic E-state index is -0.152. The van der Waals surface area contributed by atoms with Crippen molar-refractivity contribution in [1.82, 2.24) is 25.0 Å². The van der Waals surface area contributed by atoms with Crippen molar-refractivity contribution in [3.05, 3.63) is 65.7 Å². The Labute approximate surface area is 189 Å². The molecule has 0 saturated carbocycles. The molecular weight excluding hydrogens is 428 g/mol. The lowest BCUT2D eigenvalue weighted by molar-refractivity contribution is -0.113. The highest BCUT2D eigenvalue weighted by Gasteiger charge is 2.17. The summed E-state index contributed by atoms with van der Waals surface area (Å²) in [6.45, 7) is 4.26. The maximum Gasteiger partial charge on any atom is 0.236 e. The fourth-order valence-corrected chi connectivity index (χ4v) is 4.69. The predicted molar refractivity (Wildman–Crippen MR) is 125 cm³/mol. The first kappa shape index (κ1) is 21.2. The number of nitrogens with one attached hydrogen (secondary N) is 1. The van der Waals surface area contributed by atoms with E-state index in [0.717, 1.165) is 28.5 Å². The molecule has 31 heavy (non-hydrogen) atoms. The molecule has 1 amide bonds. The zero-order valence-electron chi connectivity index (χ0n) is 17.2. The maximum absolute atomic E-state index is 12.5. The summed E-state index contributed by atoms with van der Waals surface area (Å²) < 4.78 is 1.97. The molecule has 0 spiro atoms. The molecule has 0 bridgehead atoms. The molecule has 2 aromatic carbocycles. The Bertz CT molecular complexity index is 1140. The van der Waals surface area contributed by atoms with Crippen LogP contribution in [0.1, 0.15) is 18.9 Å². The maximum atomic E-state index is 12.5. The first-order valence-electron chi connectivity index (χ1n) is 9.91. The van der Waals surface area contributed by atoms with Crippen LogP contribution in [0.2, 0.25) is 0 Å². The second-order valence-electron chi connectivity index (χ2n) is 7.28. The number of nitrogens with zero attached hydrogens (tertiary/aromatic N) is 5. The van der Waals surface area contributed by atoms with Gasteiger partial charge in [0, 0.05) is 17.7 Å². The second kappa shape index (κ2) is 9.84. The molecule has 7 nitrogen and oxygen atoms in total. The number of carbonyl (C=O) groups excluding carboxylic acids is 1. The van der Waals surface area contributed by atoms with Gasteiger partial charge in [0.15, 0.2) is 11.0 Å². The highest BCUT2D eigenvalue weighted by molar-refractivity contribution is 7.99. The van der Waals surface area contributed by atoms with E-state index in [9.17, 15) is 4.79 Å². The van der Waals surface area contributed by atoms with Crippen LogP contribution in [0.25, 0.3) is 17.1 Å². The average Bonchev–Trinajstić information content (AvgIpc) is 3.40. The van der Waals surface area contributed by atoms with Gasteiger partial charge in [-0.05, 0) is 18.1 Å². The van der Waals surface area contributed by atoms with E-state index >= 15 is 0 Å². The number of aromatic nitrogens is 5. The van der Waals surface area contributed by atoms with Crippen LogP contribution in [0, 0.1) is 5.92 Å². The van der Waals surface area contributed by atoms with Gasteiger partial charge >= 0.3 is 0 Å². The summed E-state index contributed by atoms with van der Waals surface area (Å²) in [6, 6.07) is 19.8. The van der Waals surface area contributed by atoms with E-state index in [1.807, 2.05) is 65.2 Å². The third-order valence-corrected chi connectivity index (χ3v) is 6.10. The van der Waals surface area contributed by atoms with Gasteiger partial charge in [-0.25, -0.2) is 0 Å². The van der Waals surface area contributed by atoms with Crippen LogP contribution in [-0.4, -0.2) is 36.6 Å². The fraction of sp³-hybridized carbons (Fsp3) is 0.227.